The first kappa shape index (κ1) is 52.9. The SMILES string of the molecule is CC\C=C/C=C\C=C/C=C\CCCCCC(=O)OC(COC(=O)CCCCCCCC/C=C\C=C/CCCCC)COC(=O)CCCCCCCCCCCC. The van der Waals surface area contributed by atoms with E-state index in [-0.39, 0.29) is 37.5 Å². The van der Waals surface area contributed by atoms with Gasteiger partial charge in [0.15, 0.2) is 6.10 Å². The summed E-state index contributed by atoms with van der Waals surface area (Å²) in [6.07, 6.45) is 54.5. The van der Waals surface area contributed by atoms with Crippen LogP contribution in [0.2, 0.25) is 0 Å². The Morgan fingerprint density at radius 2 is 0.696 bits per heavy atom. The molecule has 0 aliphatic heterocycles. The molecule has 0 aromatic heterocycles. The van der Waals surface area contributed by atoms with Crippen LogP contribution >= 0.6 is 0 Å². The Hall–Kier alpha value is -3.15. The Morgan fingerprint density at radius 1 is 0.375 bits per heavy atom. The molecule has 0 bridgehead atoms. The minimum Gasteiger partial charge on any atom is -0.462 e. The number of allylic oxidation sites excluding steroid dienone is 12. The van der Waals surface area contributed by atoms with Crippen LogP contribution in [0.1, 0.15) is 207 Å². The van der Waals surface area contributed by atoms with E-state index in [1.807, 2.05) is 36.5 Å². The van der Waals surface area contributed by atoms with Gasteiger partial charge < -0.3 is 14.2 Å². The number of hydrogen-bond acceptors (Lipinski definition) is 6. The maximum absolute atomic E-state index is 12.7. The van der Waals surface area contributed by atoms with Crippen LogP contribution < -0.4 is 0 Å². The standard InChI is InChI=1S/C50H84O6/c1-4-7-10-13-16-19-22-24-25-27-28-31-34-37-40-43-49(52)55-46-47(45-54-48(51)42-39-36-33-30-21-18-15-12-9-6-3)56-50(53)44-41-38-35-32-29-26-23-20-17-14-11-8-5-2/h8,11,14,16-17,19-20,22-24,26,29,47H,4-7,9-10,12-13,15,18,21,25,27-28,30-46H2,1-3H3/b11-8-,17-14-,19-16-,23-20-,24-22-,29-26-. The molecule has 0 aliphatic carbocycles. The van der Waals surface area contributed by atoms with Crippen molar-refractivity contribution in [2.24, 2.45) is 0 Å². The number of unbranched alkanes of at least 4 members (excludes halogenated alkanes) is 21. The average molecular weight is 781 g/mol. The Bertz CT molecular complexity index is 1080. The van der Waals surface area contributed by atoms with Crippen LogP contribution in [0.4, 0.5) is 0 Å². The molecule has 6 heteroatoms. The van der Waals surface area contributed by atoms with Crippen molar-refractivity contribution in [1.82, 2.24) is 0 Å². The molecule has 0 N–H and O–H groups in total. The Kier molecular flexibility index (Phi) is 42.1. The van der Waals surface area contributed by atoms with Gasteiger partial charge in [0.2, 0.25) is 0 Å². The van der Waals surface area contributed by atoms with Crippen LogP contribution in [-0.2, 0) is 28.6 Å². The van der Waals surface area contributed by atoms with E-state index >= 15 is 0 Å². The first-order valence-corrected chi connectivity index (χ1v) is 23.0. The molecule has 0 spiro atoms. The molecule has 6 nitrogen and oxygen atoms in total. The van der Waals surface area contributed by atoms with Crippen molar-refractivity contribution in [3.8, 4) is 0 Å². The zero-order valence-corrected chi connectivity index (χ0v) is 36.4. The summed E-state index contributed by atoms with van der Waals surface area (Å²) in [5.74, 6) is -0.953. The molecule has 320 valence electrons. The molecule has 0 fully saturated rings. The molecule has 0 aromatic rings. The quantitative estimate of drug-likeness (QED) is 0.0267. The fraction of sp³-hybridized carbons (Fsp3) is 0.700. The molecular weight excluding hydrogens is 697 g/mol. The number of rotatable bonds is 40. The molecule has 0 aromatic carbocycles. The second-order valence-electron chi connectivity index (χ2n) is 15.1. The lowest BCUT2D eigenvalue weighted by Crippen LogP contribution is -2.30. The average Bonchev–Trinajstić information content (AvgIpc) is 3.19. The number of hydrogen-bond donors (Lipinski definition) is 0. The highest BCUT2D eigenvalue weighted by Gasteiger charge is 2.19. The van der Waals surface area contributed by atoms with Crippen LogP contribution in [0, 0.1) is 0 Å². The highest BCUT2D eigenvalue weighted by atomic mass is 16.6. The summed E-state index contributed by atoms with van der Waals surface area (Å²) in [5.41, 5.74) is 0. The van der Waals surface area contributed by atoms with Gasteiger partial charge in [-0.3, -0.25) is 14.4 Å². The fourth-order valence-corrected chi connectivity index (χ4v) is 6.09. The minimum atomic E-state index is -0.796. The molecule has 0 saturated carbocycles. The molecule has 56 heavy (non-hydrogen) atoms. The van der Waals surface area contributed by atoms with Gasteiger partial charge in [-0.15, -0.1) is 0 Å². The van der Waals surface area contributed by atoms with E-state index in [1.165, 1.54) is 89.9 Å². The van der Waals surface area contributed by atoms with Gasteiger partial charge in [-0.25, -0.2) is 0 Å². The third-order valence-electron chi connectivity index (χ3n) is 9.57. The molecule has 1 unspecified atom stereocenters. The largest absolute Gasteiger partial charge is 0.462 e. The second-order valence-corrected chi connectivity index (χ2v) is 15.1. The van der Waals surface area contributed by atoms with Gasteiger partial charge in [-0.1, -0.05) is 196 Å². The monoisotopic (exact) mass is 781 g/mol. The van der Waals surface area contributed by atoms with Gasteiger partial charge in [0, 0.05) is 19.3 Å². The third kappa shape index (κ3) is 42.0. The Balaban J connectivity index is 4.46. The number of esters is 3. The zero-order chi connectivity index (χ0) is 40.8. The van der Waals surface area contributed by atoms with E-state index in [2.05, 4.69) is 57.2 Å². The van der Waals surface area contributed by atoms with Crippen LogP contribution in [0.3, 0.4) is 0 Å². The van der Waals surface area contributed by atoms with Crippen molar-refractivity contribution in [3.63, 3.8) is 0 Å². The Labute approximate surface area is 344 Å². The minimum absolute atomic E-state index is 0.0948. The van der Waals surface area contributed by atoms with E-state index in [9.17, 15) is 14.4 Å². The normalized spacial score (nSPS) is 12.7. The lowest BCUT2D eigenvalue weighted by molar-refractivity contribution is -0.167. The van der Waals surface area contributed by atoms with Crippen molar-refractivity contribution in [2.45, 2.75) is 213 Å². The summed E-state index contributed by atoms with van der Waals surface area (Å²) in [6.45, 7) is 6.39. The van der Waals surface area contributed by atoms with Gasteiger partial charge in [0.05, 0.1) is 0 Å². The van der Waals surface area contributed by atoms with E-state index in [0.29, 0.717) is 19.3 Å². The molecule has 0 heterocycles. The lowest BCUT2D eigenvalue weighted by Gasteiger charge is -2.18. The van der Waals surface area contributed by atoms with Gasteiger partial charge in [0.25, 0.3) is 0 Å². The molecule has 0 amide bonds. The number of carbonyl (C=O) groups is 3. The second kappa shape index (κ2) is 44.6. The van der Waals surface area contributed by atoms with E-state index in [0.717, 1.165) is 70.6 Å². The predicted octanol–water partition coefficient (Wildman–Crippen LogP) is 14.7. The maximum atomic E-state index is 12.7. The maximum Gasteiger partial charge on any atom is 0.306 e. The van der Waals surface area contributed by atoms with E-state index in [1.54, 1.807) is 0 Å². The van der Waals surface area contributed by atoms with E-state index < -0.39 is 6.10 Å². The summed E-state index contributed by atoms with van der Waals surface area (Å²) in [5, 5.41) is 0. The number of ether oxygens (including phenoxy) is 3. The predicted molar refractivity (Wildman–Crippen MR) is 238 cm³/mol. The number of carbonyl (C=O) groups excluding carboxylic acids is 3. The van der Waals surface area contributed by atoms with Gasteiger partial charge in [-0.05, 0) is 64.2 Å². The van der Waals surface area contributed by atoms with Crippen LogP contribution in [0.5, 0.6) is 0 Å². The topological polar surface area (TPSA) is 78.9 Å². The van der Waals surface area contributed by atoms with Crippen molar-refractivity contribution in [1.29, 1.82) is 0 Å². The third-order valence-corrected chi connectivity index (χ3v) is 9.57. The smallest absolute Gasteiger partial charge is 0.306 e. The van der Waals surface area contributed by atoms with Gasteiger partial charge in [0.1, 0.15) is 13.2 Å². The van der Waals surface area contributed by atoms with Crippen molar-refractivity contribution < 1.29 is 28.6 Å². The first-order chi connectivity index (χ1) is 27.5. The fourth-order valence-electron chi connectivity index (χ4n) is 6.09. The lowest BCUT2D eigenvalue weighted by atomic mass is 10.1. The van der Waals surface area contributed by atoms with Crippen LogP contribution in [-0.4, -0.2) is 37.2 Å². The summed E-state index contributed by atoms with van der Waals surface area (Å²) in [7, 11) is 0. The highest BCUT2D eigenvalue weighted by molar-refractivity contribution is 5.71. The van der Waals surface area contributed by atoms with Crippen molar-refractivity contribution in [2.75, 3.05) is 13.2 Å². The molecule has 1 atom stereocenters. The summed E-state index contributed by atoms with van der Waals surface area (Å²) in [4.78, 5) is 37.7. The van der Waals surface area contributed by atoms with E-state index in [4.69, 9.17) is 14.2 Å². The molecule has 0 saturated heterocycles. The highest BCUT2D eigenvalue weighted by Crippen LogP contribution is 2.13. The van der Waals surface area contributed by atoms with Gasteiger partial charge >= 0.3 is 17.9 Å². The molecule has 0 rings (SSSR count). The summed E-state index contributed by atoms with van der Waals surface area (Å²) in [6, 6.07) is 0. The van der Waals surface area contributed by atoms with Crippen LogP contribution in [0.25, 0.3) is 0 Å². The van der Waals surface area contributed by atoms with Crippen LogP contribution in [0.15, 0.2) is 72.9 Å². The van der Waals surface area contributed by atoms with Crippen molar-refractivity contribution in [3.05, 3.63) is 72.9 Å². The van der Waals surface area contributed by atoms with Crippen molar-refractivity contribution >= 4 is 17.9 Å². The molecule has 0 aliphatic rings. The molecule has 0 radical (unpaired) electrons. The summed E-state index contributed by atoms with van der Waals surface area (Å²) >= 11 is 0. The zero-order valence-electron chi connectivity index (χ0n) is 36.4. The summed E-state index contributed by atoms with van der Waals surface area (Å²) < 4.78 is 16.7. The first-order valence-electron chi connectivity index (χ1n) is 23.0. The Morgan fingerprint density at radius 3 is 1.16 bits per heavy atom. The van der Waals surface area contributed by atoms with Gasteiger partial charge in [-0.2, -0.15) is 0 Å². The molecular formula is C50H84O6.